The number of nitrogens with zero attached hydrogens (tertiary/aromatic N) is 12. The maximum atomic E-state index is 10.1. The molecule has 0 saturated carbocycles. The van der Waals surface area contributed by atoms with E-state index in [0.29, 0.717) is 34.1 Å². The van der Waals surface area contributed by atoms with Crippen molar-refractivity contribution in [2.45, 2.75) is 0 Å². The Bertz CT molecular complexity index is 2390. The first kappa shape index (κ1) is 56.3. The fourth-order valence-electron chi connectivity index (χ4n) is 3.89. The SMILES string of the molecule is [C-]#[N+]c1ccc([N+](=O)[O-])cc1.[C-]#[N+]c1ccc([N+](=O)[O-])cc1.[C-]#[N+]c1ccc([N+](=O)[O-])cc1.[C-]#[N+]c1ccc([N+](=O)[O-])cc1.[C-]#[N+]c1ccc([N+](=O)[O-])cc1.[C-]#[N+]c1ccc([N+](=O)[O-])cc1.[Tc+6]. The van der Waals surface area contributed by atoms with Gasteiger partial charge in [0, 0.05) is 72.8 Å². The van der Waals surface area contributed by atoms with Crippen LogP contribution in [0.15, 0.2) is 146 Å². The topological polar surface area (TPSA) is 285 Å². The molecule has 325 valence electrons. The van der Waals surface area contributed by atoms with Crippen LogP contribution >= 0.6 is 0 Å². The Kier molecular flexibility index (Phi) is 25.5. The maximum absolute atomic E-state index is 10.1. The van der Waals surface area contributed by atoms with E-state index in [1.807, 2.05) is 0 Å². The molecule has 0 aromatic heterocycles. The number of nitro groups is 6. The molecule has 24 nitrogen and oxygen atoms in total. The molecule has 0 aliphatic heterocycles. The number of benzene rings is 6. The Labute approximate surface area is 391 Å². The van der Waals surface area contributed by atoms with E-state index in [4.69, 9.17) is 39.4 Å². The van der Waals surface area contributed by atoms with Crippen LogP contribution in [0.3, 0.4) is 0 Å². The summed E-state index contributed by atoms with van der Waals surface area (Å²) in [6.45, 7) is 39.5. The molecule has 1 radical (unpaired) electrons. The van der Waals surface area contributed by atoms with Crippen molar-refractivity contribution in [1.29, 1.82) is 0 Å². The molecule has 0 unspecified atom stereocenters. The summed E-state index contributed by atoms with van der Waals surface area (Å²) in [6.07, 6.45) is 0. The third-order valence-electron chi connectivity index (χ3n) is 7.14. The van der Waals surface area contributed by atoms with E-state index in [-0.39, 0.29) is 54.2 Å². The van der Waals surface area contributed by atoms with Crippen molar-refractivity contribution in [2.24, 2.45) is 0 Å². The summed E-state index contributed by atoms with van der Waals surface area (Å²) in [6, 6.07) is 32.8. The van der Waals surface area contributed by atoms with E-state index in [1.54, 1.807) is 0 Å². The molecule has 0 bridgehead atoms. The first-order chi connectivity index (χ1) is 31.4. The summed E-state index contributed by atoms with van der Waals surface area (Å²) in [7, 11) is 0. The minimum absolute atomic E-state index is 0. The van der Waals surface area contributed by atoms with Gasteiger partial charge in [0.05, 0.1) is 69.0 Å². The van der Waals surface area contributed by atoms with E-state index < -0.39 is 29.5 Å². The van der Waals surface area contributed by atoms with Crippen molar-refractivity contribution in [2.75, 3.05) is 0 Å². The van der Waals surface area contributed by atoms with Crippen LogP contribution in [0.4, 0.5) is 68.2 Å². The number of rotatable bonds is 6. The van der Waals surface area contributed by atoms with Gasteiger partial charge in [-0.25, -0.2) is 29.1 Å². The number of non-ortho nitro benzene ring substituents is 6. The quantitative estimate of drug-likeness (QED) is 0.0855. The molecule has 0 amide bonds. The number of hydrogen-bond acceptors (Lipinski definition) is 12. The zero-order valence-electron chi connectivity index (χ0n) is 33.5. The van der Waals surface area contributed by atoms with E-state index in [1.165, 1.54) is 146 Å². The van der Waals surface area contributed by atoms with Crippen molar-refractivity contribution < 1.29 is 49.6 Å². The minimum Gasteiger partial charge on any atom is -0.258 e. The van der Waals surface area contributed by atoms with Gasteiger partial charge in [-0.3, -0.25) is 60.7 Å². The average Bonchev–Trinajstić information content (AvgIpc) is 3.35. The summed E-state index contributed by atoms with van der Waals surface area (Å²) < 4.78 is 0. The monoisotopic (exact) mass is 985 g/mol. The molecular formula is C42H24N12O12Tc+6. The van der Waals surface area contributed by atoms with Gasteiger partial charge in [0.25, 0.3) is 34.1 Å². The van der Waals surface area contributed by atoms with Crippen LogP contribution in [0.25, 0.3) is 29.1 Å². The van der Waals surface area contributed by atoms with Gasteiger partial charge in [0.1, 0.15) is 0 Å². The van der Waals surface area contributed by atoms with Crippen LogP contribution in [-0.4, -0.2) is 29.5 Å². The Morgan fingerprint density at radius 3 is 0.388 bits per heavy atom. The Morgan fingerprint density at radius 1 is 0.239 bits per heavy atom. The van der Waals surface area contributed by atoms with Gasteiger partial charge in [-0.1, -0.05) is 0 Å². The second-order valence-electron chi connectivity index (χ2n) is 11.3. The van der Waals surface area contributed by atoms with E-state index >= 15 is 0 Å². The van der Waals surface area contributed by atoms with Crippen molar-refractivity contribution >= 4 is 68.2 Å². The second kappa shape index (κ2) is 30.4. The van der Waals surface area contributed by atoms with Gasteiger partial charge in [-0.05, 0) is 72.8 Å². The third-order valence-corrected chi connectivity index (χ3v) is 7.14. The van der Waals surface area contributed by atoms with Crippen molar-refractivity contribution in [3.05, 3.63) is 275 Å². The van der Waals surface area contributed by atoms with Gasteiger partial charge >= 0.3 is 20.1 Å². The van der Waals surface area contributed by atoms with Crippen LogP contribution in [0, 0.1) is 100 Å². The van der Waals surface area contributed by atoms with Crippen LogP contribution in [0.1, 0.15) is 0 Å². The molecule has 0 saturated heterocycles. The minimum atomic E-state index is -0.492. The van der Waals surface area contributed by atoms with E-state index in [2.05, 4.69) is 29.1 Å². The Hall–Kier alpha value is -10.7. The molecular weight excluding hydrogens is 963 g/mol. The average molecular weight is 987 g/mol. The zero-order valence-corrected chi connectivity index (χ0v) is 35.4. The van der Waals surface area contributed by atoms with Crippen LogP contribution in [0.5, 0.6) is 0 Å². The first-order valence-electron chi connectivity index (χ1n) is 17.1. The van der Waals surface area contributed by atoms with E-state index in [0.717, 1.165) is 0 Å². The molecule has 0 aliphatic rings. The van der Waals surface area contributed by atoms with Crippen molar-refractivity contribution in [3.8, 4) is 0 Å². The molecule has 0 aliphatic carbocycles. The van der Waals surface area contributed by atoms with Crippen molar-refractivity contribution in [1.82, 2.24) is 0 Å². The maximum Gasteiger partial charge on any atom is 6.00 e. The van der Waals surface area contributed by atoms with E-state index in [9.17, 15) is 60.7 Å². The smallest absolute Gasteiger partial charge is 0.258 e. The summed E-state index contributed by atoms with van der Waals surface area (Å²) >= 11 is 0. The molecule has 0 N–H and O–H groups in total. The fraction of sp³-hybridized carbons (Fsp3) is 0. The molecule has 6 rings (SSSR count). The van der Waals surface area contributed by atoms with Gasteiger partial charge in [0.2, 0.25) is 0 Å². The van der Waals surface area contributed by atoms with Crippen LogP contribution in [-0.2, 0) is 20.1 Å². The molecule has 6 aromatic carbocycles. The first-order valence-corrected chi connectivity index (χ1v) is 17.1. The fourth-order valence-corrected chi connectivity index (χ4v) is 3.89. The predicted molar refractivity (Wildman–Crippen MR) is 236 cm³/mol. The number of nitro benzene ring substituents is 6. The standard InChI is InChI=1S/6C7H4N2O2.Tc/c6*1-8-6-2-4-7(5-3-6)9(10)11;/h6*2-5H;/q;;;;;;+6. The zero-order chi connectivity index (χ0) is 49.6. The van der Waals surface area contributed by atoms with Crippen molar-refractivity contribution in [3.63, 3.8) is 0 Å². The normalized spacial score (nSPS) is 8.51. The summed E-state index contributed by atoms with van der Waals surface area (Å²) in [5.41, 5.74) is 2.54. The largest absolute Gasteiger partial charge is 6.00 e. The van der Waals surface area contributed by atoms with Gasteiger partial charge in [-0.2, -0.15) is 0 Å². The molecule has 0 fully saturated rings. The van der Waals surface area contributed by atoms with Crippen LogP contribution in [0.2, 0.25) is 0 Å². The van der Waals surface area contributed by atoms with Gasteiger partial charge < -0.3 is 0 Å². The molecule has 25 heteroatoms. The third kappa shape index (κ3) is 21.6. The van der Waals surface area contributed by atoms with Gasteiger partial charge in [0.15, 0.2) is 34.1 Å². The molecule has 0 heterocycles. The molecule has 0 atom stereocenters. The number of hydrogen-bond donors (Lipinski definition) is 0. The van der Waals surface area contributed by atoms with Crippen LogP contribution < -0.4 is 0 Å². The molecule has 0 spiro atoms. The Morgan fingerprint density at radius 2 is 0.328 bits per heavy atom. The Balaban J connectivity index is 0.000000778. The predicted octanol–water partition coefficient (Wildman–Crippen LogP) is 12.9. The summed E-state index contributed by atoms with van der Waals surface area (Å²) in [5.74, 6) is 0. The molecule has 6 aromatic rings. The van der Waals surface area contributed by atoms with Gasteiger partial charge in [-0.15, -0.1) is 0 Å². The summed E-state index contributed by atoms with van der Waals surface area (Å²) in [5, 5.41) is 60.8. The second-order valence-corrected chi connectivity index (χ2v) is 11.3. The molecule has 67 heavy (non-hydrogen) atoms. The summed E-state index contributed by atoms with van der Waals surface area (Å²) in [4.78, 5) is 76.4.